The van der Waals surface area contributed by atoms with Crippen LogP contribution in [0.4, 0.5) is 5.82 Å². The zero-order valence-corrected chi connectivity index (χ0v) is 48.3. The molecule has 8 heterocycles. The van der Waals surface area contributed by atoms with Gasteiger partial charge < -0.3 is 42.2 Å². The number of amides is 4. The smallest absolute Gasteiger partial charge is 0.271 e. The Bertz CT molecular complexity index is 3530. The highest BCUT2D eigenvalue weighted by Crippen LogP contribution is 2.41. The highest BCUT2D eigenvalue weighted by molar-refractivity contribution is 7.15. The predicted octanol–water partition coefficient (Wildman–Crippen LogP) is 8.71. The molecular weight excluding hydrogens is 1120 g/mol. The molecule has 1 aliphatic heterocycles. The first-order valence-corrected chi connectivity index (χ1v) is 30.1. The van der Waals surface area contributed by atoms with Gasteiger partial charge in [0, 0.05) is 64.9 Å². The van der Waals surface area contributed by atoms with Gasteiger partial charge >= 0.3 is 0 Å². The number of thiazole rings is 6. The first-order chi connectivity index (χ1) is 38.1. The molecule has 79 heavy (non-hydrogen) atoms. The number of nitrogens with one attached hydrogen (secondary N) is 5. The summed E-state index contributed by atoms with van der Waals surface area (Å²) in [6.07, 6.45) is -0.515. The van der Waals surface area contributed by atoms with Crippen molar-refractivity contribution < 1.29 is 33.8 Å². The first-order valence-electron chi connectivity index (χ1n) is 24.9. The van der Waals surface area contributed by atoms with E-state index in [0.29, 0.717) is 99.0 Å². The number of aliphatic hydroxyl groups excluding tert-OH is 1. The van der Waals surface area contributed by atoms with Crippen molar-refractivity contribution in [2.45, 2.75) is 77.2 Å². The van der Waals surface area contributed by atoms with Crippen molar-refractivity contribution in [2.24, 2.45) is 11.7 Å². The van der Waals surface area contributed by atoms with Gasteiger partial charge in [0.25, 0.3) is 5.91 Å². The zero-order chi connectivity index (χ0) is 55.9. The summed E-state index contributed by atoms with van der Waals surface area (Å²) in [6.45, 7) is 10.4. The third-order valence-corrected chi connectivity index (χ3v) is 18.4. The molecule has 20 nitrogen and oxygen atoms in total. The number of nitrogens with two attached hydrogens (primary N) is 1. The number of Topliss-reactive ketones (excluding diaryl/α,β-unsaturated/α-hetero) is 1. The average Bonchev–Trinajstić information content (AvgIpc) is 4.51. The molecule has 1 aliphatic rings. The maximum atomic E-state index is 14.4. The van der Waals surface area contributed by atoms with Gasteiger partial charge in [0.1, 0.15) is 77.2 Å². The number of carbonyl (C=O) groups is 5. The van der Waals surface area contributed by atoms with Crippen LogP contribution in [0.15, 0.2) is 70.6 Å². The van der Waals surface area contributed by atoms with Crippen LogP contribution in [0.5, 0.6) is 0 Å². The third kappa shape index (κ3) is 13.3. The Hall–Kier alpha value is -6.88. The molecule has 0 fully saturated rings. The van der Waals surface area contributed by atoms with Crippen molar-refractivity contribution in [3.63, 3.8) is 0 Å². The summed E-state index contributed by atoms with van der Waals surface area (Å²) in [5.74, 6) is -1.84. The first kappa shape index (κ1) is 56.8. The molecule has 0 radical (unpaired) electrons. The number of nitrogens with zero attached hydrogens (tertiary/aromatic N) is 7. The Morgan fingerprint density at radius 2 is 1.52 bits per heavy atom. The second kappa shape index (κ2) is 25.5. The molecular formula is C53H55N13O7S6. The van der Waals surface area contributed by atoms with Crippen molar-refractivity contribution in [1.29, 1.82) is 0 Å². The van der Waals surface area contributed by atoms with Crippen LogP contribution in [0.2, 0.25) is 0 Å². The highest BCUT2D eigenvalue weighted by atomic mass is 32.1. The van der Waals surface area contributed by atoms with E-state index in [1.807, 2.05) is 36.7 Å². The Labute approximate surface area is 478 Å². The van der Waals surface area contributed by atoms with E-state index in [9.17, 15) is 29.1 Å². The quantitative estimate of drug-likeness (QED) is 0.0602. The summed E-state index contributed by atoms with van der Waals surface area (Å²) >= 11 is 7.69. The number of anilines is 1. The van der Waals surface area contributed by atoms with Gasteiger partial charge in [-0.1, -0.05) is 50.8 Å². The van der Waals surface area contributed by atoms with Gasteiger partial charge in [0.15, 0.2) is 5.78 Å². The van der Waals surface area contributed by atoms with Crippen LogP contribution in [-0.2, 0) is 25.7 Å². The Balaban J connectivity index is 1.13. The summed E-state index contributed by atoms with van der Waals surface area (Å²) in [7, 11) is 3.07. The van der Waals surface area contributed by atoms with Crippen molar-refractivity contribution in [1.82, 2.24) is 56.2 Å². The van der Waals surface area contributed by atoms with Crippen LogP contribution in [0.25, 0.3) is 49.1 Å². The number of fused-ring (bicyclic) bond motifs is 14. The van der Waals surface area contributed by atoms with E-state index in [1.54, 1.807) is 55.1 Å². The fourth-order valence-corrected chi connectivity index (χ4v) is 14.0. The molecule has 0 saturated heterocycles. The summed E-state index contributed by atoms with van der Waals surface area (Å²) < 4.78 is 5.58. The van der Waals surface area contributed by atoms with E-state index >= 15 is 0 Å². The molecule has 8 N–H and O–H groups in total. The molecule has 8 aromatic rings. The van der Waals surface area contributed by atoms with E-state index in [1.165, 1.54) is 75.1 Å². The molecule has 0 unspecified atom stereocenters. The average molecular weight is 1180 g/mol. The van der Waals surface area contributed by atoms with E-state index in [0.717, 1.165) is 4.88 Å². The second-order valence-electron chi connectivity index (χ2n) is 18.5. The van der Waals surface area contributed by atoms with Crippen molar-refractivity contribution >= 4 is 109 Å². The summed E-state index contributed by atoms with van der Waals surface area (Å²) in [5.41, 5.74) is 9.73. The number of ether oxygens (including phenoxy) is 1. The van der Waals surface area contributed by atoms with Crippen molar-refractivity contribution in [2.75, 3.05) is 32.6 Å². The van der Waals surface area contributed by atoms with Crippen LogP contribution < -0.4 is 32.3 Å². The molecule has 0 spiro atoms. The van der Waals surface area contributed by atoms with Crippen molar-refractivity contribution in [3.05, 3.63) is 118 Å². The minimum atomic E-state index is -1.19. The lowest BCUT2D eigenvalue weighted by Gasteiger charge is -2.23. The Morgan fingerprint density at radius 1 is 0.797 bits per heavy atom. The largest absolute Gasteiger partial charge is 0.386 e. The molecule has 1 aromatic carbocycles. The Kier molecular flexibility index (Phi) is 18.3. The van der Waals surface area contributed by atoms with Crippen LogP contribution in [0, 0.1) is 12.8 Å². The number of hydrogen-bond donors (Lipinski definition) is 7. The van der Waals surface area contributed by atoms with E-state index in [4.69, 9.17) is 40.4 Å². The maximum absolute atomic E-state index is 14.4. The molecule has 4 atom stereocenters. The van der Waals surface area contributed by atoms with Crippen LogP contribution in [-0.4, -0.2) is 96.7 Å². The number of ketones is 1. The van der Waals surface area contributed by atoms with E-state index in [-0.39, 0.29) is 73.2 Å². The van der Waals surface area contributed by atoms with Crippen LogP contribution >= 0.6 is 68.0 Å². The van der Waals surface area contributed by atoms with E-state index in [2.05, 4.69) is 38.1 Å². The number of aliphatic hydroxyl groups is 1. The van der Waals surface area contributed by atoms with Gasteiger partial charge in [-0.15, -0.1) is 68.0 Å². The number of aryl methyl sites for hydroxylation is 1. The van der Waals surface area contributed by atoms with E-state index < -0.39 is 30.0 Å². The second-order valence-corrected chi connectivity index (χ2v) is 24.4. The summed E-state index contributed by atoms with van der Waals surface area (Å²) in [4.78, 5) is 104. The number of benzene rings is 1. The SMILES string of the molecule is C=C1NCC(=O)N[C@@H]([C@@H](O)c2ccccc2)c2nc(cs2)-c2nc(cs2)-c2nc(-c3nc(NC(=O)CCCN)cs3)ccc2-c2nc(cs2)C(=O)N[C@@H](CC(=O)NC)c2nc(c(C)s2)C(=O)C[C@H](C(C)C)c2nc1c(COC)s2. The minimum Gasteiger partial charge on any atom is -0.386 e. The maximum Gasteiger partial charge on any atom is 0.271 e. The normalized spacial score (nSPS) is 16.7. The highest BCUT2D eigenvalue weighted by Gasteiger charge is 2.32. The van der Waals surface area contributed by atoms with Crippen LogP contribution in [0.3, 0.4) is 0 Å². The topological polar surface area (TPSA) is 291 Å². The molecule has 10 bridgehead atoms. The molecule has 410 valence electrons. The van der Waals surface area contributed by atoms with Gasteiger partial charge in [-0.25, -0.2) is 34.9 Å². The van der Waals surface area contributed by atoms with Crippen molar-refractivity contribution in [3.8, 4) is 43.4 Å². The molecule has 4 amide bonds. The lowest BCUT2D eigenvalue weighted by atomic mass is 9.90. The zero-order valence-electron chi connectivity index (χ0n) is 43.4. The van der Waals surface area contributed by atoms with Gasteiger partial charge in [-0.3, -0.25) is 24.0 Å². The number of aromatic nitrogens is 7. The standard InChI is InChI=1S/C53H55N13O7S6/c1-25(2)30-17-36(67)43-27(4)78-52(66-43)32(18-40(69)55-5)58-47(72)34-22-74-48(60-34)29-14-15-31(50-63-38(24-77-50)62-39(68)13-10-16-54)57-44(29)33-21-75-51(59-33)35-23-76-53(61-35)45(46(71)28-11-8-7-9-12-28)64-41(70)19-56-26(3)42-37(20-73-6)79-49(30)65-42/h7-9,11-12,14-15,21-25,30,32,45-46,56,71H,3,10,13,16-20,54H2,1-2,4-6H3,(H,55,69)(H,58,72)(H,62,68)(H,64,70)/t30-,32+,45+,46+/m1/s1. The van der Waals surface area contributed by atoms with Gasteiger partial charge in [0.05, 0.1) is 46.9 Å². The molecule has 0 aliphatic carbocycles. The molecule has 7 aromatic heterocycles. The number of carbonyl (C=O) groups excluding carboxylic acids is 5. The molecule has 26 heteroatoms. The Morgan fingerprint density at radius 3 is 2.28 bits per heavy atom. The fourth-order valence-electron chi connectivity index (χ4n) is 8.45. The third-order valence-electron chi connectivity index (χ3n) is 12.6. The number of hydrogen-bond acceptors (Lipinski definition) is 22. The van der Waals surface area contributed by atoms with Gasteiger partial charge in [-0.2, -0.15) is 0 Å². The minimum absolute atomic E-state index is 0.0445. The van der Waals surface area contributed by atoms with Crippen LogP contribution in [0.1, 0.15) is 121 Å². The fraction of sp³-hybridized carbons (Fsp3) is 0.321. The lowest BCUT2D eigenvalue weighted by molar-refractivity contribution is -0.122. The molecule has 0 saturated carbocycles. The number of methoxy groups -OCH3 is 1. The molecule has 9 rings (SSSR count). The monoisotopic (exact) mass is 1180 g/mol. The van der Waals surface area contributed by atoms with Gasteiger partial charge in [0.2, 0.25) is 17.7 Å². The number of rotatable bonds is 12. The summed E-state index contributed by atoms with van der Waals surface area (Å²) in [5, 5.41) is 36.4. The predicted molar refractivity (Wildman–Crippen MR) is 310 cm³/mol. The summed E-state index contributed by atoms with van der Waals surface area (Å²) in [6, 6.07) is 10.7. The number of pyridine rings is 1. The van der Waals surface area contributed by atoms with Gasteiger partial charge in [-0.05, 0) is 43.5 Å². The lowest BCUT2D eigenvalue weighted by Crippen LogP contribution is -2.38.